The Morgan fingerprint density at radius 2 is 1.96 bits per heavy atom. The summed E-state index contributed by atoms with van der Waals surface area (Å²) in [6, 6.07) is 9.85. The zero-order valence-corrected chi connectivity index (χ0v) is 14.9. The molecule has 6 nitrogen and oxygen atoms in total. The van der Waals surface area contributed by atoms with Gasteiger partial charge in [-0.2, -0.15) is 4.31 Å². The molecule has 1 saturated heterocycles. The Bertz CT molecular complexity index is 836. The molecule has 0 spiro atoms. The molecule has 1 N–H and O–H groups in total. The Morgan fingerprint density at radius 1 is 1.20 bits per heavy atom. The molecule has 0 saturated carbocycles. The Balaban J connectivity index is 1.90. The van der Waals surface area contributed by atoms with Gasteiger partial charge in [0.05, 0.1) is 10.9 Å². The fourth-order valence-electron chi connectivity index (χ4n) is 3.15. The summed E-state index contributed by atoms with van der Waals surface area (Å²) in [7, 11) is -3.61. The zero-order chi connectivity index (χ0) is 17.9. The molecule has 0 radical (unpaired) electrons. The smallest absolute Gasteiger partial charge is 0.243 e. The highest BCUT2D eigenvalue weighted by Crippen LogP contribution is 2.35. The van der Waals surface area contributed by atoms with Gasteiger partial charge in [0, 0.05) is 31.5 Å². The first-order valence-electron chi connectivity index (χ1n) is 8.28. The van der Waals surface area contributed by atoms with Crippen molar-refractivity contribution in [3.8, 4) is 0 Å². The number of pyridine rings is 1. The van der Waals surface area contributed by atoms with E-state index in [1.54, 1.807) is 28.8 Å². The number of hydrogen-bond donors (Lipinski definition) is 1. The first kappa shape index (κ1) is 17.6. The minimum absolute atomic E-state index is 0.191. The van der Waals surface area contributed by atoms with Crippen molar-refractivity contribution >= 4 is 21.6 Å². The van der Waals surface area contributed by atoms with E-state index in [0.29, 0.717) is 12.2 Å². The fraction of sp³-hybridized carbons (Fsp3) is 0.333. The molecule has 1 atom stereocenters. The van der Waals surface area contributed by atoms with Crippen molar-refractivity contribution in [2.24, 2.45) is 0 Å². The molecule has 1 aliphatic heterocycles. The third-order valence-corrected chi connectivity index (χ3v) is 6.23. The monoisotopic (exact) mass is 359 g/mol. The number of carbonyl (C=O) groups excluding carboxylic acids is 1. The maximum atomic E-state index is 13.1. The minimum Gasteiger partial charge on any atom is -0.326 e. The first-order valence-corrected chi connectivity index (χ1v) is 9.72. The highest BCUT2D eigenvalue weighted by atomic mass is 32.2. The Labute approximate surface area is 147 Å². The molecule has 1 aromatic carbocycles. The zero-order valence-electron chi connectivity index (χ0n) is 14.1. The highest BCUT2D eigenvalue weighted by molar-refractivity contribution is 7.89. The van der Waals surface area contributed by atoms with Gasteiger partial charge in [-0.05, 0) is 48.7 Å². The van der Waals surface area contributed by atoms with Gasteiger partial charge in [-0.3, -0.25) is 9.78 Å². The van der Waals surface area contributed by atoms with E-state index in [1.807, 2.05) is 12.1 Å². The number of hydrogen-bond acceptors (Lipinski definition) is 4. The molecule has 2 aromatic rings. The molecule has 0 aliphatic carbocycles. The molecule has 1 fully saturated rings. The summed E-state index contributed by atoms with van der Waals surface area (Å²) in [6.07, 6.45) is 6.05. The quantitative estimate of drug-likeness (QED) is 0.910. The van der Waals surface area contributed by atoms with E-state index in [0.717, 1.165) is 24.8 Å². The van der Waals surface area contributed by atoms with Gasteiger partial charge in [0.25, 0.3) is 0 Å². The molecule has 2 heterocycles. The maximum Gasteiger partial charge on any atom is 0.243 e. The van der Waals surface area contributed by atoms with Crippen molar-refractivity contribution in [2.45, 2.75) is 37.1 Å². The van der Waals surface area contributed by atoms with Gasteiger partial charge in [0.1, 0.15) is 0 Å². The van der Waals surface area contributed by atoms with Gasteiger partial charge in [0.15, 0.2) is 0 Å². The number of aromatic nitrogens is 1. The van der Waals surface area contributed by atoms with Crippen LogP contribution in [-0.4, -0.2) is 30.2 Å². The van der Waals surface area contributed by atoms with Crippen molar-refractivity contribution < 1.29 is 13.2 Å². The van der Waals surface area contributed by atoms with Crippen molar-refractivity contribution in [3.63, 3.8) is 0 Å². The van der Waals surface area contributed by atoms with Crippen LogP contribution in [0.1, 0.15) is 37.8 Å². The van der Waals surface area contributed by atoms with Gasteiger partial charge in [0.2, 0.25) is 15.9 Å². The summed E-state index contributed by atoms with van der Waals surface area (Å²) >= 11 is 0. The number of sulfonamides is 1. The lowest BCUT2D eigenvalue weighted by Crippen LogP contribution is -2.38. The van der Waals surface area contributed by atoms with Crippen LogP contribution < -0.4 is 5.32 Å². The van der Waals surface area contributed by atoms with Gasteiger partial charge in [-0.1, -0.05) is 12.5 Å². The summed E-state index contributed by atoms with van der Waals surface area (Å²) < 4.78 is 27.8. The lowest BCUT2D eigenvalue weighted by atomic mass is 9.99. The third kappa shape index (κ3) is 3.88. The molecule has 1 amide bonds. The van der Waals surface area contributed by atoms with Crippen LogP contribution in [0.2, 0.25) is 0 Å². The van der Waals surface area contributed by atoms with Crippen LogP contribution in [0.25, 0.3) is 0 Å². The van der Waals surface area contributed by atoms with Crippen molar-refractivity contribution in [3.05, 3.63) is 54.4 Å². The van der Waals surface area contributed by atoms with Crippen molar-refractivity contribution in [1.82, 2.24) is 9.29 Å². The number of benzene rings is 1. The van der Waals surface area contributed by atoms with Crippen LogP contribution in [0, 0.1) is 0 Å². The summed E-state index contributed by atoms with van der Waals surface area (Å²) in [6.45, 7) is 1.91. The maximum absolute atomic E-state index is 13.1. The van der Waals surface area contributed by atoms with Gasteiger partial charge >= 0.3 is 0 Å². The Hall–Kier alpha value is -2.25. The molecule has 1 aromatic heterocycles. The number of nitrogens with one attached hydrogen (secondary N) is 1. The van der Waals surface area contributed by atoms with Gasteiger partial charge in [-0.15, -0.1) is 0 Å². The number of carbonyl (C=O) groups is 1. The van der Waals surface area contributed by atoms with E-state index in [9.17, 15) is 13.2 Å². The second-order valence-electron chi connectivity index (χ2n) is 6.12. The van der Waals surface area contributed by atoms with Crippen LogP contribution in [0.3, 0.4) is 0 Å². The SMILES string of the molecule is CC(=O)Nc1ccc(S(=O)(=O)N2CCCCC2c2cccnc2)cc1. The van der Waals surface area contributed by atoms with E-state index in [1.165, 1.54) is 19.1 Å². The standard InChI is InChI=1S/C18H21N3O3S/c1-14(22)20-16-7-9-17(10-8-16)25(23,24)21-12-3-2-6-18(21)15-5-4-11-19-13-15/h4-5,7-11,13,18H,2-3,6,12H2,1H3,(H,20,22). The summed E-state index contributed by atoms with van der Waals surface area (Å²) in [5.41, 5.74) is 1.49. The molecular formula is C18H21N3O3S. The average molecular weight is 359 g/mol. The van der Waals surface area contributed by atoms with E-state index in [2.05, 4.69) is 10.3 Å². The Kier molecular flexibility index (Phi) is 5.15. The normalized spacial score (nSPS) is 18.7. The molecular weight excluding hydrogens is 338 g/mol. The minimum atomic E-state index is -3.61. The number of piperidine rings is 1. The number of nitrogens with zero attached hydrogens (tertiary/aromatic N) is 2. The summed E-state index contributed by atoms with van der Waals surface area (Å²) in [4.78, 5) is 15.5. The Morgan fingerprint density at radius 3 is 2.60 bits per heavy atom. The topological polar surface area (TPSA) is 79.4 Å². The molecule has 7 heteroatoms. The third-order valence-electron chi connectivity index (χ3n) is 4.30. The second kappa shape index (κ2) is 7.33. The van der Waals surface area contributed by atoms with Crippen LogP contribution in [0.15, 0.2) is 53.7 Å². The molecule has 3 rings (SSSR count). The van der Waals surface area contributed by atoms with E-state index < -0.39 is 10.0 Å². The molecule has 1 aliphatic rings. The number of anilines is 1. The van der Waals surface area contributed by atoms with Crippen LogP contribution in [0.4, 0.5) is 5.69 Å². The predicted molar refractivity (Wildman–Crippen MR) is 95.5 cm³/mol. The molecule has 25 heavy (non-hydrogen) atoms. The van der Waals surface area contributed by atoms with Gasteiger partial charge < -0.3 is 5.32 Å². The fourth-order valence-corrected chi connectivity index (χ4v) is 4.83. The lowest BCUT2D eigenvalue weighted by Gasteiger charge is -2.34. The molecule has 132 valence electrons. The largest absolute Gasteiger partial charge is 0.326 e. The van der Waals surface area contributed by atoms with Crippen LogP contribution >= 0.6 is 0 Å². The van der Waals surface area contributed by atoms with Crippen molar-refractivity contribution in [1.29, 1.82) is 0 Å². The van der Waals surface area contributed by atoms with Crippen molar-refractivity contribution in [2.75, 3.05) is 11.9 Å². The van der Waals surface area contributed by atoms with Gasteiger partial charge in [-0.25, -0.2) is 8.42 Å². The molecule has 1 unspecified atom stereocenters. The highest BCUT2D eigenvalue weighted by Gasteiger charge is 2.34. The van der Waals surface area contributed by atoms with E-state index >= 15 is 0 Å². The first-order chi connectivity index (χ1) is 12.0. The second-order valence-corrected chi connectivity index (χ2v) is 8.01. The van der Waals surface area contributed by atoms with Crippen LogP contribution in [0.5, 0.6) is 0 Å². The van der Waals surface area contributed by atoms with Crippen LogP contribution in [-0.2, 0) is 14.8 Å². The van der Waals surface area contributed by atoms with E-state index in [4.69, 9.17) is 0 Å². The number of amides is 1. The summed E-state index contributed by atoms with van der Waals surface area (Å²) in [5, 5.41) is 2.64. The summed E-state index contributed by atoms with van der Waals surface area (Å²) in [5.74, 6) is -0.191. The average Bonchev–Trinajstić information content (AvgIpc) is 2.62. The predicted octanol–water partition coefficient (Wildman–Crippen LogP) is 2.96. The number of rotatable bonds is 4. The van der Waals surface area contributed by atoms with E-state index in [-0.39, 0.29) is 16.8 Å². The lowest BCUT2D eigenvalue weighted by molar-refractivity contribution is -0.114. The molecule has 0 bridgehead atoms.